The minimum atomic E-state index is -0.833. The minimum absolute atomic E-state index is 0.0592. The molecule has 3 heterocycles. The third-order valence-electron chi connectivity index (χ3n) is 8.39. The maximum absolute atomic E-state index is 13.6. The van der Waals surface area contributed by atoms with Crippen molar-refractivity contribution in [3.8, 4) is 6.19 Å². The summed E-state index contributed by atoms with van der Waals surface area (Å²) in [5, 5.41) is 22.7. The van der Waals surface area contributed by atoms with Crippen molar-refractivity contribution < 1.29 is 23.8 Å². The summed E-state index contributed by atoms with van der Waals surface area (Å²) in [4.78, 5) is 33.4. The maximum atomic E-state index is 13.6. The van der Waals surface area contributed by atoms with Gasteiger partial charge in [-0.25, -0.2) is 14.2 Å². The predicted molar refractivity (Wildman–Crippen MR) is 170 cm³/mol. The third-order valence-corrected chi connectivity index (χ3v) is 8.39. The van der Waals surface area contributed by atoms with Gasteiger partial charge in [0.05, 0.1) is 11.7 Å². The number of benzene rings is 2. The number of piperazine rings is 1. The molecule has 12 heteroatoms. The molecule has 45 heavy (non-hydrogen) atoms. The quantitative estimate of drug-likeness (QED) is 0.191. The molecule has 3 N–H and O–H groups in total. The smallest absolute Gasteiger partial charge is 0.321 e. The van der Waals surface area contributed by atoms with Crippen LogP contribution in [0, 0.1) is 29.1 Å². The molecule has 0 radical (unpaired) electrons. The second-order valence-corrected chi connectivity index (χ2v) is 12.0. The molecule has 0 bridgehead atoms. The van der Waals surface area contributed by atoms with E-state index < -0.39 is 11.8 Å². The SMILES string of the molecule is CC(=O)O.CC(C)C1CN(C(=O)Nc2cccc(F)c2)CCN1C(=Nc1cccc2c1CCN(CC1CCOCC1)C2)NC#N. The molecule has 1 atom stereocenters. The summed E-state index contributed by atoms with van der Waals surface area (Å²) in [5.74, 6) is 0.162. The van der Waals surface area contributed by atoms with Crippen LogP contribution in [0.15, 0.2) is 47.5 Å². The fourth-order valence-corrected chi connectivity index (χ4v) is 6.13. The lowest BCUT2D eigenvalue weighted by molar-refractivity contribution is -0.134. The van der Waals surface area contributed by atoms with Gasteiger partial charge in [0.25, 0.3) is 5.97 Å². The lowest BCUT2D eigenvalue weighted by atomic mass is 9.95. The van der Waals surface area contributed by atoms with Gasteiger partial charge >= 0.3 is 6.03 Å². The molecule has 2 amide bonds. The highest BCUT2D eigenvalue weighted by Crippen LogP contribution is 2.30. The number of nitrogens with one attached hydrogen (secondary N) is 2. The van der Waals surface area contributed by atoms with E-state index in [0.717, 1.165) is 64.7 Å². The van der Waals surface area contributed by atoms with Crippen molar-refractivity contribution in [2.75, 3.05) is 51.3 Å². The highest BCUT2D eigenvalue weighted by atomic mass is 19.1. The summed E-state index contributed by atoms with van der Waals surface area (Å²) in [6.07, 6.45) is 5.26. The van der Waals surface area contributed by atoms with E-state index in [2.05, 4.69) is 46.5 Å². The molecule has 2 saturated heterocycles. The topological polar surface area (TPSA) is 134 Å². The van der Waals surface area contributed by atoms with E-state index in [4.69, 9.17) is 19.6 Å². The largest absolute Gasteiger partial charge is 0.481 e. The number of aliphatic imine (C=N–C) groups is 1. The minimum Gasteiger partial charge on any atom is -0.481 e. The Morgan fingerprint density at radius 3 is 2.58 bits per heavy atom. The number of anilines is 1. The fourth-order valence-electron chi connectivity index (χ4n) is 6.13. The first kappa shape index (κ1) is 33.7. The number of nitrogens with zero attached hydrogens (tertiary/aromatic N) is 5. The van der Waals surface area contributed by atoms with Crippen LogP contribution in [-0.2, 0) is 22.5 Å². The van der Waals surface area contributed by atoms with Crippen LogP contribution in [0.2, 0.25) is 0 Å². The second-order valence-electron chi connectivity index (χ2n) is 12.0. The number of hydrogen-bond donors (Lipinski definition) is 3. The van der Waals surface area contributed by atoms with E-state index in [-0.39, 0.29) is 18.0 Å². The molecule has 0 saturated carbocycles. The summed E-state index contributed by atoms with van der Waals surface area (Å²) in [6, 6.07) is 11.8. The Labute approximate surface area is 264 Å². The molecule has 11 nitrogen and oxygen atoms in total. The first-order chi connectivity index (χ1) is 21.6. The fraction of sp³-hybridized carbons (Fsp3) is 0.515. The normalized spacial score (nSPS) is 19.2. The summed E-state index contributed by atoms with van der Waals surface area (Å²) in [7, 11) is 0. The lowest BCUT2D eigenvalue weighted by Gasteiger charge is -2.44. The number of rotatable bonds is 5. The summed E-state index contributed by atoms with van der Waals surface area (Å²) in [5.41, 5.74) is 3.84. The molecular weight excluding hydrogens is 577 g/mol. The van der Waals surface area contributed by atoms with Gasteiger partial charge in [-0.05, 0) is 66.5 Å². The van der Waals surface area contributed by atoms with Crippen LogP contribution in [0.3, 0.4) is 0 Å². The number of carbonyl (C=O) groups is 2. The van der Waals surface area contributed by atoms with Crippen molar-refractivity contribution >= 4 is 29.3 Å². The average molecular weight is 622 g/mol. The van der Waals surface area contributed by atoms with E-state index in [1.807, 2.05) is 12.1 Å². The number of carboxylic acid groups (broad SMARTS) is 1. The van der Waals surface area contributed by atoms with E-state index >= 15 is 0 Å². The van der Waals surface area contributed by atoms with Crippen molar-refractivity contribution in [3.63, 3.8) is 0 Å². The number of aliphatic carboxylic acids is 1. The van der Waals surface area contributed by atoms with Crippen molar-refractivity contribution in [1.82, 2.24) is 20.0 Å². The van der Waals surface area contributed by atoms with Crippen LogP contribution in [0.1, 0.15) is 44.7 Å². The van der Waals surface area contributed by atoms with Gasteiger partial charge in [0.15, 0.2) is 6.19 Å². The first-order valence-corrected chi connectivity index (χ1v) is 15.6. The standard InChI is InChI=1S/C31H40FN7O2.C2H4O2/c1-22(2)29-20-38(31(40)35-26-7-4-6-25(32)17-26)13-14-39(29)30(34-21-33)36-28-8-3-5-24-19-37(12-9-27(24)28)18-23-10-15-41-16-11-23;1-2(3)4/h3-8,17,22-23,29H,9-16,18-20H2,1-2H3,(H,34,36)(H,35,40);1H3,(H,3,4). The molecular formula is C33H44FN7O4. The van der Waals surface area contributed by atoms with Gasteiger partial charge in [-0.3, -0.25) is 15.0 Å². The van der Waals surface area contributed by atoms with Gasteiger partial charge in [-0.15, -0.1) is 0 Å². The second kappa shape index (κ2) is 16.2. The van der Waals surface area contributed by atoms with E-state index in [0.29, 0.717) is 37.2 Å². The number of amides is 2. The number of ether oxygens (including phenoxy) is 1. The highest BCUT2D eigenvalue weighted by molar-refractivity contribution is 5.90. The average Bonchev–Trinajstić information content (AvgIpc) is 3.01. The molecule has 3 aliphatic heterocycles. The summed E-state index contributed by atoms with van der Waals surface area (Å²) < 4.78 is 19.1. The Kier molecular flexibility index (Phi) is 12.1. The molecule has 2 aromatic carbocycles. The van der Waals surface area contributed by atoms with E-state index in [1.165, 1.54) is 23.3 Å². The van der Waals surface area contributed by atoms with Gasteiger partial charge in [-0.1, -0.05) is 32.0 Å². The molecule has 1 unspecified atom stereocenters. The summed E-state index contributed by atoms with van der Waals surface area (Å²) in [6.45, 7) is 11.4. The van der Waals surface area contributed by atoms with Crippen LogP contribution in [0.4, 0.5) is 20.6 Å². The number of guanidine groups is 1. The Hall–Kier alpha value is -4.21. The predicted octanol–water partition coefficient (Wildman–Crippen LogP) is 4.63. The Balaban J connectivity index is 0.00000109. The van der Waals surface area contributed by atoms with Gasteiger partial charge in [0.1, 0.15) is 5.82 Å². The number of urea groups is 1. The van der Waals surface area contributed by atoms with Crippen LogP contribution in [0.25, 0.3) is 0 Å². The third kappa shape index (κ3) is 9.64. The number of halogens is 1. The highest BCUT2D eigenvalue weighted by Gasteiger charge is 2.34. The van der Waals surface area contributed by atoms with Crippen molar-refractivity contribution in [2.45, 2.75) is 52.6 Å². The molecule has 0 aromatic heterocycles. The first-order valence-electron chi connectivity index (χ1n) is 15.6. The lowest BCUT2D eigenvalue weighted by Crippen LogP contribution is -2.60. The monoisotopic (exact) mass is 621 g/mol. The van der Waals surface area contributed by atoms with E-state index in [1.54, 1.807) is 17.0 Å². The maximum Gasteiger partial charge on any atom is 0.321 e. The van der Waals surface area contributed by atoms with Gasteiger partial charge in [-0.2, -0.15) is 5.26 Å². The molecule has 2 aromatic rings. The van der Waals surface area contributed by atoms with Crippen LogP contribution >= 0.6 is 0 Å². The summed E-state index contributed by atoms with van der Waals surface area (Å²) >= 11 is 0. The molecule has 0 aliphatic carbocycles. The number of fused-ring (bicyclic) bond motifs is 1. The zero-order chi connectivity index (χ0) is 32.3. The number of carbonyl (C=O) groups excluding carboxylic acids is 1. The Morgan fingerprint density at radius 1 is 1.16 bits per heavy atom. The van der Waals surface area contributed by atoms with Crippen molar-refractivity contribution in [3.05, 3.63) is 59.4 Å². The molecule has 0 spiro atoms. The van der Waals surface area contributed by atoms with Crippen molar-refractivity contribution in [1.29, 1.82) is 5.26 Å². The van der Waals surface area contributed by atoms with Crippen LogP contribution in [-0.4, -0.2) is 89.7 Å². The molecule has 3 aliphatic rings. The van der Waals surface area contributed by atoms with Gasteiger partial charge in [0.2, 0.25) is 5.96 Å². The van der Waals surface area contributed by atoms with Crippen LogP contribution < -0.4 is 10.6 Å². The zero-order valence-electron chi connectivity index (χ0n) is 26.3. The van der Waals surface area contributed by atoms with E-state index in [9.17, 15) is 14.4 Å². The number of hydrogen-bond acceptors (Lipinski definition) is 6. The Morgan fingerprint density at radius 2 is 1.89 bits per heavy atom. The van der Waals surface area contributed by atoms with Crippen LogP contribution in [0.5, 0.6) is 0 Å². The molecule has 2 fully saturated rings. The molecule has 5 rings (SSSR count). The zero-order valence-corrected chi connectivity index (χ0v) is 26.3. The Bertz CT molecular complexity index is 1390. The van der Waals surface area contributed by atoms with Crippen molar-refractivity contribution in [2.24, 2.45) is 16.8 Å². The number of carboxylic acids is 1. The van der Waals surface area contributed by atoms with Gasteiger partial charge in [0, 0.05) is 65.1 Å². The number of nitriles is 1. The van der Waals surface area contributed by atoms with Gasteiger partial charge < -0.3 is 25.0 Å². The molecule has 242 valence electrons.